The number of benzene rings is 1. The molecule has 1 aliphatic rings. The standard InChI is InChI=1S/C16H23F3N2/c1-11(12-7-8-12)21(3)10-15(20-2)13-5-4-6-14(9-13)16(17,18)19/h4-6,9,11-12,15,20H,7-8,10H2,1-3H3. The normalized spacial score (nSPS) is 18.8. The summed E-state index contributed by atoms with van der Waals surface area (Å²) in [6, 6.07) is 5.98. The summed E-state index contributed by atoms with van der Waals surface area (Å²) in [6.45, 7) is 2.89. The first-order valence-corrected chi connectivity index (χ1v) is 7.37. The third-order valence-corrected chi connectivity index (χ3v) is 4.43. The lowest BCUT2D eigenvalue weighted by Crippen LogP contribution is -2.37. The average Bonchev–Trinajstić information content (AvgIpc) is 3.27. The molecule has 1 N–H and O–H groups in total. The number of halogens is 3. The number of alkyl halides is 3. The summed E-state index contributed by atoms with van der Waals surface area (Å²) in [5, 5.41) is 3.13. The minimum absolute atomic E-state index is 0.0986. The maximum Gasteiger partial charge on any atom is 0.416 e. The zero-order valence-electron chi connectivity index (χ0n) is 12.7. The zero-order valence-corrected chi connectivity index (χ0v) is 12.7. The van der Waals surface area contributed by atoms with E-state index in [0.717, 1.165) is 12.0 Å². The van der Waals surface area contributed by atoms with Crippen LogP contribution in [0.25, 0.3) is 0 Å². The summed E-state index contributed by atoms with van der Waals surface area (Å²) >= 11 is 0. The smallest absolute Gasteiger partial charge is 0.312 e. The molecule has 0 saturated heterocycles. The van der Waals surface area contributed by atoms with E-state index in [1.165, 1.54) is 25.0 Å². The first-order chi connectivity index (χ1) is 9.82. The second-order valence-corrected chi connectivity index (χ2v) is 5.98. The molecule has 0 aromatic heterocycles. The van der Waals surface area contributed by atoms with Crippen LogP contribution >= 0.6 is 0 Å². The molecule has 118 valence electrons. The highest BCUT2D eigenvalue weighted by atomic mass is 19.4. The molecule has 0 radical (unpaired) electrons. The number of nitrogens with one attached hydrogen (secondary N) is 1. The van der Waals surface area contributed by atoms with Crippen molar-refractivity contribution in [3.05, 3.63) is 35.4 Å². The summed E-state index contributed by atoms with van der Waals surface area (Å²) < 4.78 is 38.4. The van der Waals surface area contributed by atoms with Crippen LogP contribution in [-0.4, -0.2) is 31.6 Å². The second kappa shape index (κ2) is 6.36. The highest BCUT2D eigenvalue weighted by molar-refractivity contribution is 5.28. The summed E-state index contributed by atoms with van der Waals surface area (Å²) in [6.07, 6.45) is -1.76. The molecule has 2 rings (SSSR count). The number of hydrogen-bond donors (Lipinski definition) is 1. The van der Waals surface area contributed by atoms with Crippen LogP contribution in [0, 0.1) is 5.92 Å². The number of likely N-dealkylation sites (N-methyl/N-ethyl adjacent to an activating group) is 2. The molecule has 0 heterocycles. The van der Waals surface area contributed by atoms with Gasteiger partial charge in [0.05, 0.1) is 5.56 Å². The minimum atomic E-state index is -4.29. The van der Waals surface area contributed by atoms with E-state index in [9.17, 15) is 13.2 Å². The third kappa shape index (κ3) is 4.20. The molecule has 1 saturated carbocycles. The Morgan fingerprint density at radius 3 is 2.52 bits per heavy atom. The summed E-state index contributed by atoms with van der Waals surface area (Å²) in [5.74, 6) is 0.744. The molecule has 2 nitrogen and oxygen atoms in total. The molecule has 21 heavy (non-hydrogen) atoms. The Morgan fingerprint density at radius 1 is 1.33 bits per heavy atom. The topological polar surface area (TPSA) is 15.3 Å². The predicted molar refractivity (Wildman–Crippen MR) is 78.1 cm³/mol. The molecule has 2 unspecified atom stereocenters. The Bertz CT molecular complexity index is 469. The van der Waals surface area contributed by atoms with Gasteiger partial charge < -0.3 is 10.2 Å². The predicted octanol–water partition coefficient (Wildman–Crippen LogP) is 3.70. The van der Waals surface area contributed by atoms with Crippen LogP contribution in [0.2, 0.25) is 0 Å². The van der Waals surface area contributed by atoms with Crippen molar-refractivity contribution < 1.29 is 13.2 Å². The molecule has 1 aromatic carbocycles. The molecule has 0 aliphatic heterocycles. The van der Waals surface area contributed by atoms with Crippen LogP contribution in [0.3, 0.4) is 0 Å². The fourth-order valence-electron chi connectivity index (χ4n) is 2.69. The van der Waals surface area contributed by atoms with Crippen LogP contribution < -0.4 is 5.32 Å². The lowest BCUT2D eigenvalue weighted by Gasteiger charge is -2.29. The molecular formula is C16H23F3N2. The average molecular weight is 300 g/mol. The van der Waals surface area contributed by atoms with Gasteiger partial charge in [0.1, 0.15) is 0 Å². The lowest BCUT2D eigenvalue weighted by atomic mass is 10.0. The third-order valence-electron chi connectivity index (χ3n) is 4.43. The highest BCUT2D eigenvalue weighted by Gasteiger charge is 2.33. The maximum atomic E-state index is 12.8. The van der Waals surface area contributed by atoms with Crippen LogP contribution in [-0.2, 0) is 6.18 Å². The van der Waals surface area contributed by atoms with Crippen molar-refractivity contribution in [3.63, 3.8) is 0 Å². The summed E-state index contributed by atoms with van der Waals surface area (Å²) in [5.41, 5.74) is 0.0975. The SMILES string of the molecule is CNC(CN(C)C(C)C1CC1)c1cccc(C(F)(F)F)c1. The van der Waals surface area contributed by atoms with Gasteiger partial charge in [-0.05, 0) is 57.5 Å². The molecule has 0 spiro atoms. The van der Waals surface area contributed by atoms with Crippen LogP contribution in [0.4, 0.5) is 13.2 Å². The minimum Gasteiger partial charge on any atom is -0.312 e. The van der Waals surface area contributed by atoms with Crippen molar-refractivity contribution in [2.45, 2.75) is 38.0 Å². The number of hydrogen-bond acceptors (Lipinski definition) is 2. The van der Waals surface area contributed by atoms with Gasteiger partial charge in [0.2, 0.25) is 0 Å². The van der Waals surface area contributed by atoms with Crippen molar-refractivity contribution >= 4 is 0 Å². The molecule has 5 heteroatoms. The van der Waals surface area contributed by atoms with Gasteiger partial charge in [-0.25, -0.2) is 0 Å². The maximum absolute atomic E-state index is 12.8. The molecule has 0 bridgehead atoms. The highest BCUT2D eigenvalue weighted by Crippen LogP contribution is 2.35. The van der Waals surface area contributed by atoms with E-state index in [1.807, 2.05) is 7.05 Å². The van der Waals surface area contributed by atoms with E-state index in [-0.39, 0.29) is 6.04 Å². The van der Waals surface area contributed by atoms with Gasteiger partial charge in [-0.2, -0.15) is 13.2 Å². The Labute approximate surface area is 124 Å². The van der Waals surface area contributed by atoms with Gasteiger partial charge in [0, 0.05) is 18.6 Å². The molecule has 2 atom stereocenters. The van der Waals surface area contributed by atoms with E-state index in [2.05, 4.69) is 17.1 Å². The fraction of sp³-hybridized carbons (Fsp3) is 0.625. The van der Waals surface area contributed by atoms with Crippen molar-refractivity contribution in [3.8, 4) is 0 Å². The van der Waals surface area contributed by atoms with Gasteiger partial charge in [-0.1, -0.05) is 12.1 Å². The van der Waals surface area contributed by atoms with Gasteiger partial charge >= 0.3 is 6.18 Å². The van der Waals surface area contributed by atoms with Crippen LogP contribution in [0.15, 0.2) is 24.3 Å². The van der Waals surface area contributed by atoms with E-state index in [1.54, 1.807) is 13.1 Å². The van der Waals surface area contributed by atoms with Gasteiger partial charge in [-0.3, -0.25) is 0 Å². The number of nitrogens with zero attached hydrogens (tertiary/aromatic N) is 1. The summed E-state index contributed by atoms with van der Waals surface area (Å²) in [7, 11) is 3.83. The zero-order chi connectivity index (χ0) is 15.6. The Kier molecular flexibility index (Phi) is 4.94. The Balaban J connectivity index is 2.09. The molecule has 1 aromatic rings. The van der Waals surface area contributed by atoms with Gasteiger partial charge in [0.25, 0.3) is 0 Å². The van der Waals surface area contributed by atoms with Gasteiger partial charge in [0.15, 0.2) is 0 Å². The first kappa shape index (κ1) is 16.3. The Hall–Kier alpha value is -1.07. The van der Waals surface area contributed by atoms with E-state index < -0.39 is 11.7 Å². The van der Waals surface area contributed by atoms with E-state index in [0.29, 0.717) is 18.2 Å². The van der Waals surface area contributed by atoms with Crippen molar-refractivity contribution in [1.29, 1.82) is 0 Å². The van der Waals surface area contributed by atoms with Crippen molar-refractivity contribution in [2.75, 3.05) is 20.6 Å². The van der Waals surface area contributed by atoms with E-state index >= 15 is 0 Å². The molecular weight excluding hydrogens is 277 g/mol. The summed E-state index contributed by atoms with van der Waals surface area (Å²) in [4.78, 5) is 2.24. The van der Waals surface area contributed by atoms with Crippen molar-refractivity contribution in [1.82, 2.24) is 10.2 Å². The van der Waals surface area contributed by atoms with Crippen molar-refractivity contribution in [2.24, 2.45) is 5.92 Å². The quantitative estimate of drug-likeness (QED) is 0.862. The molecule has 1 fully saturated rings. The largest absolute Gasteiger partial charge is 0.416 e. The van der Waals surface area contributed by atoms with E-state index in [4.69, 9.17) is 0 Å². The van der Waals surface area contributed by atoms with Crippen LogP contribution in [0.1, 0.15) is 36.9 Å². The molecule has 0 amide bonds. The van der Waals surface area contributed by atoms with Gasteiger partial charge in [-0.15, -0.1) is 0 Å². The van der Waals surface area contributed by atoms with Crippen LogP contribution in [0.5, 0.6) is 0 Å². The lowest BCUT2D eigenvalue weighted by molar-refractivity contribution is -0.137. The Morgan fingerprint density at radius 2 is 2.00 bits per heavy atom. The monoisotopic (exact) mass is 300 g/mol. The first-order valence-electron chi connectivity index (χ1n) is 7.37. The number of rotatable bonds is 6. The fourth-order valence-corrected chi connectivity index (χ4v) is 2.69. The molecule has 1 aliphatic carbocycles. The second-order valence-electron chi connectivity index (χ2n) is 5.98.